The van der Waals surface area contributed by atoms with Crippen LogP contribution in [-0.2, 0) is 17.6 Å². The number of hydrogen-bond acceptors (Lipinski definition) is 4. The van der Waals surface area contributed by atoms with Gasteiger partial charge in [0.25, 0.3) is 5.91 Å². The summed E-state index contributed by atoms with van der Waals surface area (Å²) in [6, 6.07) is 0.910. The number of carboxylic acid groups (broad SMARTS) is 1. The Bertz CT molecular complexity index is 528. The van der Waals surface area contributed by atoms with Gasteiger partial charge in [0, 0.05) is 5.69 Å². The summed E-state index contributed by atoms with van der Waals surface area (Å²) in [5.41, 5.74) is 7.55. The second-order valence-electron chi connectivity index (χ2n) is 4.77. The monoisotopic (exact) mass is 263 g/mol. The lowest BCUT2D eigenvalue weighted by Crippen LogP contribution is -2.28. The van der Waals surface area contributed by atoms with E-state index in [1.54, 1.807) is 6.07 Å². The van der Waals surface area contributed by atoms with Crippen molar-refractivity contribution in [3.8, 4) is 0 Å². The first-order valence-electron chi connectivity index (χ1n) is 6.31. The van der Waals surface area contributed by atoms with Gasteiger partial charge < -0.3 is 16.2 Å². The Kier molecular flexibility index (Phi) is 3.69. The molecule has 0 bridgehead atoms. The lowest BCUT2D eigenvalue weighted by Gasteiger charge is -2.19. The van der Waals surface area contributed by atoms with Crippen LogP contribution < -0.4 is 11.1 Å². The van der Waals surface area contributed by atoms with E-state index in [9.17, 15) is 9.59 Å². The molecule has 0 spiro atoms. The third kappa shape index (κ3) is 2.83. The third-order valence-corrected chi connectivity index (χ3v) is 3.29. The minimum absolute atomic E-state index is 0.258. The first-order chi connectivity index (χ1) is 8.99. The average Bonchev–Trinajstić information content (AvgIpc) is 2.37. The first-order valence-corrected chi connectivity index (χ1v) is 6.31. The average molecular weight is 263 g/mol. The lowest BCUT2D eigenvalue weighted by atomic mass is 9.94. The zero-order chi connectivity index (χ0) is 14.0. The fraction of sp³-hybridized carbons (Fsp3) is 0.462. The fourth-order valence-electron chi connectivity index (χ4n) is 2.20. The molecule has 1 amide bonds. The summed E-state index contributed by atoms with van der Waals surface area (Å²) in [7, 11) is 0. The number of nitrogens with zero attached hydrogens (tertiary/aromatic N) is 1. The number of carbonyl (C=O) groups excluding carboxylic acids is 1. The highest BCUT2D eigenvalue weighted by Gasteiger charge is 2.20. The maximum Gasteiger partial charge on any atom is 0.325 e. The van der Waals surface area contributed by atoms with Crippen molar-refractivity contribution >= 4 is 17.7 Å². The number of aliphatic carboxylic acids is 1. The molecule has 1 heterocycles. The summed E-state index contributed by atoms with van der Waals surface area (Å²) in [6.45, 7) is 1.49. The van der Waals surface area contributed by atoms with Gasteiger partial charge in [0.1, 0.15) is 11.9 Å². The van der Waals surface area contributed by atoms with Crippen LogP contribution in [0.1, 0.15) is 41.4 Å². The predicted octanol–water partition coefficient (Wildman–Crippen LogP) is 0.944. The molecule has 0 radical (unpaired) electrons. The Morgan fingerprint density at radius 1 is 1.42 bits per heavy atom. The van der Waals surface area contributed by atoms with E-state index in [1.807, 2.05) is 0 Å². The number of primary amides is 1. The number of amides is 1. The Labute approximate surface area is 111 Å². The molecule has 0 aliphatic heterocycles. The Morgan fingerprint density at radius 3 is 2.74 bits per heavy atom. The molecule has 4 N–H and O–H groups in total. The van der Waals surface area contributed by atoms with Crippen LogP contribution >= 0.6 is 0 Å². The molecule has 1 aliphatic rings. The highest BCUT2D eigenvalue weighted by Crippen LogP contribution is 2.24. The number of rotatable bonds is 4. The number of pyridine rings is 1. The van der Waals surface area contributed by atoms with Crippen LogP contribution in [0.25, 0.3) is 0 Å². The number of anilines is 1. The third-order valence-electron chi connectivity index (χ3n) is 3.29. The van der Waals surface area contributed by atoms with E-state index in [1.165, 1.54) is 6.92 Å². The van der Waals surface area contributed by atoms with Crippen LogP contribution in [0.2, 0.25) is 0 Å². The number of carboxylic acids is 1. The molecule has 6 heteroatoms. The number of aryl methyl sites for hydroxylation is 2. The molecular formula is C13H17N3O3. The van der Waals surface area contributed by atoms with Gasteiger partial charge in [0.05, 0.1) is 5.56 Å². The van der Waals surface area contributed by atoms with Crippen LogP contribution in [-0.4, -0.2) is 28.0 Å². The SMILES string of the molecule is CC(Nc1nc2c(cc1C(N)=O)CCCC2)C(=O)O. The standard InChI is InChI=1S/C13H17N3O3/c1-7(13(18)19)15-12-9(11(14)17)6-8-4-2-3-5-10(8)16-12/h6-7H,2-5H2,1H3,(H2,14,17)(H,15,16)(H,18,19). The Hall–Kier alpha value is -2.11. The number of carbonyl (C=O) groups is 2. The van der Waals surface area contributed by atoms with Crippen molar-refractivity contribution in [3.05, 3.63) is 22.9 Å². The summed E-state index contributed by atoms with van der Waals surface area (Å²) >= 11 is 0. The van der Waals surface area contributed by atoms with Gasteiger partial charge in [0.2, 0.25) is 0 Å². The highest BCUT2D eigenvalue weighted by atomic mass is 16.4. The first kappa shape index (κ1) is 13.3. The maximum atomic E-state index is 11.5. The van der Waals surface area contributed by atoms with Gasteiger partial charge in [-0.15, -0.1) is 0 Å². The maximum absolute atomic E-state index is 11.5. The van der Waals surface area contributed by atoms with E-state index in [0.29, 0.717) is 0 Å². The molecule has 0 saturated carbocycles. The van der Waals surface area contributed by atoms with Crippen molar-refractivity contribution in [2.45, 2.75) is 38.6 Å². The summed E-state index contributed by atoms with van der Waals surface area (Å²) in [5.74, 6) is -1.33. The van der Waals surface area contributed by atoms with Crippen LogP contribution in [0, 0.1) is 0 Å². The van der Waals surface area contributed by atoms with Crippen LogP contribution in [0.5, 0.6) is 0 Å². The summed E-state index contributed by atoms with van der Waals surface area (Å²) in [5, 5.41) is 11.6. The van der Waals surface area contributed by atoms with Gasteiger partial charge in [-0.2, -0.15) is 0 Å². The van der Waals surface area contributed by atoms with Gasteiger partial charge in [-0.05, 0) is 44.2 Å². The second-order valence-corrected chi connectivity index (χ2v) is 4.77. The summed E-state index contributed by atoms with van der Waals surface area (Å²) < 4.78 is 0. The zero-order valence-electron chi connectivity index (χ0n) is 10.8. The van der Waals surface area contributed by atoms with Crippen LogP contribution in [0.3, 0.4) is 0 Å². The smallest absolute Gasteiger partial charge is 0.325 e. The van der Waals surface area contributed by atoms with Crippen molar-refractivity contribution in [1.29, 1.82) is 0 Å². The number of fused-ring (bicyclic) bond motifs is 1. The topological polar surface area (TPSA) is 105 Å². The normalized spacial score (nSPS) is 15.4. The van der Waals surface area contributed by atoms with Gasteiger partial charge in [-0.25, -0.2) is 4.98 Å². The number of nitrogens with two attached hydrogens (primary N) is 1. The minimum Gasteiger partial charge on any atom is -0.480 e. The van der Waals surface area contributed by atoms with E-state index in [4.69, 9.17) is 10.8 Å². The number of nitrogens with one attached hydrogen (secondary N) is 1. The number of hydrogen-bond donors (Lipinski definition) is 3. The molecule has 102 valence electrons. The van der Waals surface area contributed by atoms with E-state index in [2.05, 4.69) is 10.3 Å². The van der Waals surface area contributed by atoms with Gasteiger partial charge in [-0.3, -0.25) is 9.59 Å². The lowest BCUT2D eigenvalue weighted by molar-refractivity contribution is -0.137. The molecule has 0 aromatic carbocycles. The van der Waals surface area contributed by atoms with Crippen molar-refractivity contribution in [3.63, 3.8) is 0 Å². The molecule has 1 aromatic heterocycles. The van der Waals surface area contributed by atoms with Crippen molar-refractivity contribution in [2.75, 3.05) is 5.32 Å². The molecule has 1 aliphatic carbocycles. The largest absolute Gasteiger partial charge is 0.480 e. The van der Waals surface area contributed by atoms with Gasteiger partial charge in [-0.1, -0.05) is 0 Å². The van der Waals surface area contributed by atoms with Crippen molar-refractivity contribution in [1.82, 2.24) is 4.98 Å². The molecular weight excluding hydrogens is 246 g/mol. The second kappa shape index (κ2) is 5.26. The van der Waals surface area contributed by atoms with Crippen molar-refractivity contribution in [2.24, 2.45) is 5.73 Å². The van der Waals surface area contributed by atoms with Gasteiger partial charge in [0.15, 0.2) is 0 Å². The summed E-state index contributed by atoms with van der Waals surface area (Å²) in [4.78, 5) is 26.7. The molecule has 0 saturated heterocycles. The Balaban J connectivity index is 2.39. The molecule has 2 rings (SSSR count). The van der Waals surface area contributed by atoms with Gasteiger partial charge >= 0.3 is 5.97 Å². The fourth-order valence-corrected chi connectivity index (χ4v) is 2.20. The van der Waals surface area contributed by atoms with Crippen molar-refractivity contribution < 1.29 is 14.7 Å². The van der Waals surface area contributed by atoms with E-state index < -0.39 is 17.9 Å². The van der Waals surface area contributed by atoms with E-state index in [-0.39, 0.29) is 11.4 Å². The molecule has 1 atom stereocenters. The summed E-state index contributed by atoms with van der Waals surface area (Å²) in [6.07, 6.45) is 3.87. The zero-order valence-corrected chi connectivity index (χ0v) is 10.8. The highest BCUT2D eigenvalue weighted by molar-refractivity contribution is 5.98. The predicted molar refractivity (Wildman–Crippen MR) is 70.1 cm³/mol. The van der Waals surface area contributed by atoms with E-state index >= 15 is 0 Å². The molecule has 0 fully saturated rings. The minimum atomic E-state index is -1.00. The Morgan fingerprint density at radius 2 is 2.11 bits per heavy atom. The quantitative estimate of drug-likeness (QED) is 0.749. The number of aromatic nitrogens is 1. The van der Waals surface area contributed by atoms with E-state index in [0.717, 1.165) is 36.9 Å². The molecule has 1 unspecified atom stereocenters. The van der Waals surface area contributed by atoms with Crippen LogP contribution in [0.15, 0.2) is 6.07 Å². The van der Waals surface area contributed by atoms with Crippen LogP contribution in [0.4, 0.5) is 5.82 Å². The molecule has 19 heavy (non-hydrogen) atoms. The molecule has 6 nitrogen and oxygen atoms in total. The molecule has 1 aromatic rings.